The Kier molecular flexibility index (Phi) is 3.82. The van der Waals surface area contributed by atoms with Crippen molar-refractivity contribution in [2.75, 3.05) is 6.54 Å². The Morgan fingerprint density at radius 3 is 2.88 bits per heavy atom. The molecule has 2 aromatic rings. The van der Waals surface area contributed by atoms with Gasteiger partial charge in [-0.25, -0.2) is 4.98 Å². The Morgan fingerprint density at radius 1 is 1.35 bits per heavy atom. The van der Waals surface area contributed by atoms with Crippen molar-refractivity contribution in [1.82, 2.24) is 10.3 Å². The van der Waals surface area contributed by atoms with Crippen LogP contribution in [0.4, 0.5) is 0 Å². The second-order valence-electron chi connectivity index (χ2n) is 3.93. The predicted molar refractivity (Wildman–Crippen MR) is 69.1 cm³/mol. The van der Waals surface area contributed by atoms with Gasteiger partial charge in [0.05, 0.1) is 0 Å². The summed E-state index contributed by atoms with van der Waals surface area (Å²) in [4.78, 5) is 4.22. The lowest BCUT2D eigenvalue weighted by molar-refractivity contribution is 0.570. The average molecular weight is 251 g/mol. The number of rotatable bonds is 4. The molecule has 0 amide bonds. The molecule has 0 bridgehead atoms. The Labute approximate surface area is 106 Å². The van der Waals surface area contributed by atoms with E-state index in [9.17, 15) is 0 Å². The highest BCUT2D eigenvalue weighted by Crippen LogP contribution is 2.27. The molecule has 0 fully saturated rings. The van der Waals surface area contributed by atoms with Gasteiger partial charge in [-0.05, 0) is 37.2 Å². The lowest BCUT2D eigenvalue weighted by atomic mass is 10.1. The lowest BCUT2D eigenvalue weighted by Gasteiger charge is -2.04. The highest BCUT2D eigenvalue weighted by atomic mass is 35.5. The number of aryl methyl sites for hydroxylation is 1. The summed E-state index contributed by atoms with van der Waals surface area (Å²) in [5.74, 6) is 0.788. The van der Waals surface area contributed by atoms with Crippen molar-refractivity contribution in [1.29, 1.82) is 0 Å². The minimum absolute atomic E-state index is 0.702. The Morgan fingerprint density at radius 2 is 2.18 bits per heavy atom. The van der Waals surface area contributed by atoms with Crippen LogP contribution in [-0.2, 0) is 6.54 Å². The molecule has 0 aliphatic carbocycles. The SMILES string of the molecule is CCNCc1ncoc1-c1cc(C)cc(Cl)c1. The Bertz CT molecular complexity index is 488. The van der Waals surface area contributed by atoms with E-state index in [1.807, 2.05) is 25.1 Å². The topological polar surface area (TPSA) is 38.1 Å². The van der Waals surface area contributed by atoms with E-state index in [0.717, 1.165) is 29.1 Å². The average Bonchev–Trinajstić information content (AvgIpc) is 2.73. The van der Waals surface area contributed by atoms with Crippen molar-refractivity contribution in [3.8, 4) is 11.3 Å². The Hall–Kier alpha value is -1.32. The van der Waals surface area contributed by atoms with E-state index in [-0.39, 0.29) is 0 Å². The summed E-state index contributed by atoms with van der Waals surface area (Å²) in [6.07, 6.45) is 1.47. The lowest BCUT2D eigenvalue weighted by Crippen LogP contribution is -2.12. The van der Waals surface area contributed by atoms with Crippen molar-refractivity contribution in [2.24, 2.45) is 0 Å². The zero-order valence-corrected chi connectivity index (χ0v) is 10.7. The molecule has 4 heteroatoms. The fraction of sp³-hybridized carbons (Fsp3) is 0.308. The van der Waals surface area contributed by atoms with E-state index in [4.69, 9.17) is 16.0 Å². The van der Waals surface area contributed by atoms with Crippen LogP contribution in [0.3, 0.4) is 0 Å². The summed E-state index contributed by atoms with van der Waals surface area (Å²) in [5.41, 5.74) is 2.99. The van der Waals surface area contributed by atoms with Gasteiger partial charge < -0.3 is 9.73 Å². The number of nitrogens with zero attached hydrogens (tertiary/aromatic N) is 1. The number of oxazole rings is 1. The zero-order chi connectivity index (χ0) is 12.3. The van der Waals surface area contributed by atoms with Crippen LogP contribution in [-0.4, -0.2) is 11.5 Å². The van der Waals surface area contributed by atoms with Crippen LogP contribution in [0.25, 0.3) is 11.3 Å². The van der Waals surface area contributed by atoms with Gasteiger partial charge in [0, 0.05) is 17.1 Å². The maximum absolute atomic E-state index is 6.05. The summed E-state index contributed by atoms with van der Waals surface area (Å²) < 4.78 is 5.45. The molecule has 1 aromatic heterocycles. The van der Waals surface area contributed by atoms with Crippen LogP contribution in [0.2, 0.25) is 5.02 Å². The highest BCUT2D eigenvalue weighted by Gasteiger charge is 2.11. The fourth-order valence-electron chi connectivity index (χ4n) is 1.74. The number of nitrogens with one attached hydrogen (secondary N) is 1. The molecule has 0 spiro atoms. The molecular formula is C13H15ClN2O. The monoisotopic (exact) mass is 250 g/mol. The molecule has 3 nitrogen and oxygen atoms in total. The minimum Gasteiger partial charge on any atom is -0.443 e. The van der Waals surface area contributed by atoms with Crippen LogP contribution < -0.4 is 5.32 Å². The van der Waals surface area contributed by atoms with Gasteiger partial charge in [0.15, 0.2) is 12.2 Å². The smallest absolute Gasteiger partial charge is 0.181 e. The van der Waals surface area contributed by atoms with E-state index < -0.39 is 0 Å². The molecule has 90 valence electrons. The fourth-order valence-corrected chi connectivity index (χ4v) is 2.03. The van der Waals surface area contributed by atoms with Crippen molar-refractivity contribution < 1.29 is 4.42 Å². The molecule has 0 saturated heterocycles. The van der Waals surface area contributed by atoms with Gasteiger partial charge in [0.25, 0.3) is 0 Å². The van der Waals surface area contributed by atoms with Gasteiger partial charge in [0.2, 0.25) is 0 Å². The van der Waals surface area contributed by atoms with E-state index in [2.05, 4.69) is 17.2 Å². The molecule has 1 N–H and O–H groups in total. The molecule has 0 unspecified atom stereocenters. The molecule has 0 radical (unpaired) electrons. The standard InChI is InChI=1S/C13H15ClN2O/c1-3-15-7-12-13(17-8-16-12)10-4-9(2)5-11(14)6-10/h4-6,8,15H,3,7H2,1-2H3. The van der Waals surface area contributed by atoms with Gasteiger partial charge in [-0.1, -0.05) is 18.5 Å². The van der Waals surface area contributed by atoms with Crippen LogP contribution in [0, 0.1) is 6.92 Å². The molecule has 0 atom stereocenters. The normalized spacial score (nSPS) is 10.8. The third-order valence-corrected chi connectivity index (χ3v) is 2.71. The highest BCUT2D eigenvalue weighted by molar-refractivity contribution is 6.30. The van der Waals surface area contributed by atoms with Crippen molar-refractivity contribution in [2.45, 2.75) is 20.4 Å². The van der Waals surface area contributed by atoms with E-state index in [1.165, 1.54) is 6.39 Å². The number of hydrogen-bond acceptors (Lipinski definition) is 3. The van der Waals surface area contributed by atoms with Gasteiger partial charge in [-0.3, -0.25) is 0 Å². The second kappa shape index (κ2) is 5.34. The maximum atomic E-state index is 6.05. The first-order valence-corrected chi connectivity index (χ1v) is 5.99. The number of benzene rings is 1. The third-order valence-electron chi connectivity index (χ3n) is 2.49. The van der Waals surface area contributed by atoms with E-state index in [0.29, 0.717) is 11.6 Å². The molecule has 17 heavy (non-hydrogen) atoms. The van der Waals surface area contributed by atoms with Gasteiger partial charge in [-0.15, -0.1) is 0 Å². The molecule has 0 aliphatic rings. The first kappa shape index (κ1) is 12.1. The van der Waals surface area contributed by atoms with Crippen molar-refractivity contribution in [3.63, 3.8) is 0 Å². The quantitative estimate of drug-likeness (QED) is 0.904. The maximum Gasteiger partial charge on any atom is 0.181 e. The molecule has 1 heterocycles. The number of hydrogen-bond donors (Lipinski definition) is 1. The van der Waals surface area contributed by atoms with Crippen LogP contribution in [0.15, 0.2) is 29.0 Å². The largest absolute Gasteiger partial charge is 0.443 e. The second-order valence-corrected chi connectivity index (χ2v) is 4.36. The summed E-state index contributed by atoms with van der Waals surface area (Å²) in [6.45, 7) is 5.67. The summed E-state index contributed by atoms with van der Waals surface area (Å²) in [5, 5.41) is 3.95. The molecule has 2 rings (SSSR count). The summed E-state index contributed by atoms with van der Waals surface area (Å²) in [6, 6.07) is 5.86. The van der Waals surface area contributed by atoms with Gasteiger partial charge in [-0.2, -0.15) is 0 Å². The van der Waals surface area contributed by atoms with E-state index >= 15 is 0 Å². The van der Waals surface area contributed by atoms with Crippen LogP contribution in [0.1, 0.15) is 18.2 Å². The van der Waals surface area contributed by atoms with E-state index in [1.54, 1.807) is 0 Å². The van der Waals surface area contributed by atoms with Crippen molar-refractivity contribution in [3.05, 3.63) is 40.9 Å². The molecule has 0 saturated carbocycles. The number of aromatic nitrogens is 1. The predicted octanol–water partition coefficient (Wildman–Crippen LogP) is 3.41. The minimum atomic E-state index is 0.702. The third kappa shape index (κ3) is 2.87. The Balaban J connectivity index is 2.35. The van der Waals surface area contributed by atoms with Gasteiger partial charge >= 0.3 is 0 Å². The molecule has 0 aliphatic heterocycles. The van der Waals surface area contributed by atoms with Crippen LogP contribution in [0.5, 0.6) is 0 Å². The van der Waals surface area contributed by atoms with Crippen LogP contribution >= 0.6 is 11.6 Å². The zero-order valence-electron chi connectivity index (χ0n) is 9.96. The van der Waals surface area contributed by atoms with Gasteiger partial charge in [0.1, 0.15) is 5.69 Å². The first-order chi connectivity index (χ1) is 8.20. The number of halogens is 1. The first-order valence-electron chi connectivity index (χ1n) is 5.61. The summed E-state index contributed by atoms with van der Waals surface area (Å²) >= 11 is 6.05. The van der Waals surface area contributed by atoms with Crippen molar-refractivity contribution >= 4 is 11.6 Å². The summed E-state index contributed by atoms with van der Waals surface area (Å²) in [7, 11) is 0. The molecule has 1 aromatic carbocycles. The molecular weight excluding hydrogens is 236 g/mol.